The molecule has 1 aromatic heterocycles. The van der Waals surface area contributed by atoms with Gasteiger partial charge in [0.2, 0.25) is 11.8 Å². The maximum Gasteiger partial charge on any atom is 0.233 e. The topological polar surface area (TPSA) is 58.6 Å². The minimum Gasteiger partial charge on any atom is -0.471 e. The number of hydrogen-bond donors (Lipinski definition) is 0. The third-order valence-corrected chi connectivity index (χ3v) is 4.62. The predicted molar refractivity (Wildman–Crippen MR) is 91.1 cm³/mol. The lowest BCUT2D eigenvalue weighted by atomic mass is 9.93. The van der Waals surface area contributed by atoms with Gasteiger partial charge < -0.3 is 14.5 Å². The highest BCUT2D eigenvalue weighted by Gasteiger charge is 2.34. The Kier molecular flexibility index (Phi) is 5.68. The highest BCUT2D eigenvalue weighted by Crippen LogP contribution is 2.24. The van der Waals surface area contributed by atoms with Crippen molar-refractivity contribution in [2.75, 3.05) is 38.0 Å². The van der Waals surface area contributed by atoms with Crippen molar-refractivity contribution in [3.8, 4) is 5.88 Å². The molecule has 1 unspecified atom stereocenters. The molecule has 0 spiro atoms. The van der Waals surface area contributed by atoms with Crippen LogP contribution >= 0.6 is 11.6 Å². The highest BCUT2D eigenvalue weighted by atomic mass is 35.5. The van der Waals surface area contributed by atoms with E-state index in [1.807, 2.05) is 49.9 Å². The van der Waals surface area contributed by atoms with Crippen LogP contribution in [0.5, 0.6) is 5.88 Å². The zero-order valence-corrected chi connectivity index (χ0v) is 15.0. The molecule has 0 N–H and O–H groups in total. The summed E-state index contributed by atoms with van der Waals surface area (Å²) in [5.74, 6) is 1.66. The molecule has 1 fully saturated rings. The minimum atomic E-state index is -0.545. The molecule has 6 nitrogen and oxygen atoms in total. The van der Waals surface area contributed by atoms with E-state index in [4.69, 9.17) is 16.3 Å². The molecule has 0 bridgehead atoms. The van der Waals surface area contributed by atoms with E-state index in [1.54, 1.807) is 0 Å². The van der Waals surface area contributed by atoms with Crippen LogP contribution in [0, 0.1) is 5.41 Å². The number of nitrogens with zero attached hydrogens (tertiary/aromatic N) is 4. The van der Waals surface area contributed by atoms with E-state index in [-0.39, 0.29) is 12.0 Å². The van der Waals surface area contributed by atoms with Gasteiger partial charge in [-0.25, -0.2) is 0 Å². The molecular formula is C16H25ClN4O2. The lowest BCUT2D eigenvalue weighted by Gasteiger charge is -2.36. The maximum absolute atomic E-state index is 12.5. The van der Waals surface area contributed by atoms with E-state index < -0.39 is 5.41 Å². The summed E-state index contributed by atoms with van der Waals surface area (Å²) in [6.45, 7) is 5.07. The summed E-state index contributed by atoms with van der Waals surface area (Å²) >= 11 is 5.91. The van der Waals surface area contributed by atoms with E-state index in [1.165, 1.54) is 0 Å². The molecule has 1 saturated heterocycles. The van der Waals surface area contributed by atoms with Crippen molar-refractivity contribution in [1.82, 2.24) is 15.1 Å². The fourth-order valence-electron chi connectivity index (χ4n) is 2.49. The summed E-state index contributed by atoms with van der Waals surface area (Å²) in [6.07, 6.45) is 1.76. The largest absolute Gasteiger partial charge is 0.471 e. The zero-order chi connectivity index (χ0) is 17.0. The van der Waals surface area contributed by atoms with Crippen LogP contribution in [-0.2, 0) is 4.79 Å². The van der Waals surface area contributed by atoms with Crippen molar-refractivity contribution in [1.29, 1.82) is 0 Å². The Balaban J connectivity index is 1.97. The number of carbonyl (C=O) groups is 1. The monoisotopic (exact) mass is 340 g/mol. The summed E-state index contributed by atoms with van der Waals surface area (Å²) in [7, 11) is 3.82. The smallest absolute Gasteiger partial charge is 0.233 e. The number of likely N-dealkylation sites (tertiary alicyclic amines) is 1. The summed E-state index contributed by atoms with van der Waals surface area (Å²) in [6, 6.07) is 3.68. The predicted octanol–water partition coefficient (Wildman–Crippen LogP) is 2.18. The van der Waals surface area contributed by atoms with Crippen LogP contribution in [0.1, 0.15) is 26.7 Å². The molecule has 1 aliphatic heterocycles. The lowest BCUT2D eigenvalue weighted by molar-refractivity contribution is -0.142. The summed E-state index contributed by atoms with van der Waals surface area (Å²) < 4.78 is 5.90. The number of rotatable bonds is 5. The second-order valence-corrected chi connectivity index (χ2v) is 7.04. The molecule has 23 heavy (non-hydrogen) atoms. The lowest BCUT2D eigenvalue weighted by Crippen LogP contribution is -2.49. The Bertz CT molecular complexity index is 533. The summed E-state index contributed by atoms with van der Waals surface area (Å²) in [4.78, 5) is 16.2. The SMILES string of the molecule is CN(C)c1ccc(OC2CCCN(C(=O)C(C)(C)CCl)C2)nn1. The van der Waals surface area contributed by atoms with Gasteiger partial charge >= 0.3 is 0 Å². The van der Waals surface area contributed by atoms with Crippen LogP contribution in [0.15, 0.2) is 12.1 Å². The van der Waals surface area contributed by atoms with Gasteiger partial charge in [0.15, 0.2) is 5.82 Å². The fraction of sp³-hybridized carbons (Fsp3) is 0.688. The van der Waals surface area contributed by atoms with Crippen molar-refractivity contribution in [3.05, 3.63) is 12.1 Å². The first-order valence-electron chi connectivity index (χ1n) is 7.86. The van der Waals surface area contributed by atoms with Gasteiger partial charge in [-0.3, -0.25) is 4.79 Å². The molecule has 7 heteroatoms. The number of halogens is 1. The van der Waals surface area contributed by atoms with Crippen LogP contribution in [0.2, 0.25) is 0 Å². The molecule has 0 radical (unpaired) electrons. The number of ether oxygens (including phenoxy) is 1. The Hall–Kier alpha value is -1.56. The van der Waals surface area contributed by atoms with Gasteiger partial charge in [0.25, 0.3) is 0 Å². The number of hydrogen-bond acceptors (Lipinski definition) is 5. The molecule has 1 amide bonds. The average Bonchev–Trinajstić information content (AvgIpc) is 2.55. The number of amides is 1. The van der Waals surface area contributed by atoms with Crippen LogP contribution in [0.3, 0.4) is 0 Å². The Morgan fingerprint density at radius 2 is 2.17 bits per heavy atom. The Morgan fingerprint density at radius 1 is 1.43 bits per heavy atom. The quantitative estimate of drug-likeness (QED) is 0.769. The van der Waals surface area contributed by atoms with Crippen molar-refractivity contribution in [2.45, 2.75) is 32.8 Å². The normalized spacial score (nSPS) is 18.7. The van der Waals surface area contributed by atoms with Crippen LogP contribution in [0.4, 0.5) is 5.82 Å². The molecule has 1 atom stereocenters. The van der Waals surface area contributed by atoms with Gasteiger partial charge in [0.05, 0.1) is 12.0 Å². The molecule has 2 heterocycles. The van der Waals surface area contributed by atoms with E-state index >= 15 is 0 Å². The molecule has 1 aliphatic rings. The Labute approximate surface area is 142 Å². The van der Waals surface area contributed by atoms with Crippen LogP contribution in [0.25, 0.3) is 0 Å². The molecule has 1 aromatic rings. The standard InChI is InChI=1S/C16H25ClN4O2/c1-16(2,11-17)15(22)21-9-5-6-12(10-21)23-14-8-7-13(18-19-14)20(3)4/h7-8,12H,5-6,9-11H2,1-4H3. The Morgan fingerprint density at radius 3 is 2.74 bits per heavy atom. The first kappa shape index (κ1) is 17.8. The third kappa shape index (κ3) is 4.47. The van der Waals surface area contributed by atoms with Gasteiger partial charge in [-0.15, -0.1) is 21.8 Å². The minimum absolute atomic E-state index is 0.0571. The van der Waals surface area contributed by atoms with Gasteiger partial charge in [0.1, 0.15) is 6.10 Å². The van der Waals surface area contributed by atoms with E-state index in [2.05, 4.69) is 10.2 Å². The summed E-state index contributed by atoms with van der Waals surface area (Å²) in [5, 5.41) is 8.19. The number of anilines is 1. The van der Waals surface area contributed by atoms with Gasteiger partial charge in [-0.05, 0) is 32.8 Å². The first-order chi connectivity index (χ1) is 10.8. The van der Waals surface area contributed by atoms with Crippen molar-refractivity contribution < 1.29 is 9.53 Å². The van der Waals surface area contributed by atoms with Crippen molar-refractivity contribution >= 4 is 23.3 Å². The molecule has 128 valence electrons. The van der Waals surface area contributed by atoms with Gasteiger partial charge in [0, 0.05) is 32.6 Å². The van der Waals surface area contributed by atoms with Crippen LogP contribution in [-0.4, -0.2) is 60.2 Å². The molecule has 0 aromatic carbocycles. The average molecular weight is 341 g/mol. The number of carbonyl (C=O) groups excluding carboxylic acids is 1. The van der Waals surface area contributed by atoms with E-state index in [9.17, 15) is 4.79 Å². The second-order valence-electron chi connectivity index (χ2n) is 6.77. The number of alkyl halides is 1. The third-order valence-electron chi connectivity index (χ3n) is 3.95. The number of aromatic nitrogens is 2. The first-order valence-corrected chi connectivity index (χ1v) is 8.40. The zero-order valence-electron chi connectivity index (χ0n) is 14.3. The number of piperidine rings is 1. The van der Waals surface area contributed by atoms with Gasteiger partial charge in [-0.1, -0.05) is 0 Å². The van der Waals surface area contributed by atoms with Crippen LogP contribution < -0.4 is 9.64 Å². The van der Waals surface area contributed by atoms with E-state index in [0.29, 0.717) is 18.3 Å². The maximum atomic E-state index is 12.5. The fourth-order valence-corrected chi connectivity index (χ4v) is 2.60. The molecule has 2 rings (SSSR count). The molecule has 0 saturated carbocycles. The highest BCUT2D eigenvalue weighted by molar-refractivity contribution is 6.19. The second kappa shape index (κ2) is 7.34. The van der Waals surface area contributed by atoms with Crippen molar-refractivity contribution in [2.24, 2.45) is 5.41 Å². The molecular weight excluding hydrogens is 316 g/mol. The molecule has 0 aliphatic carbocycles. The van der Waals surface area contributed by atoms with Crippen molar-refractivity contribution in [3.63, 3.8) is 0 Å². The van der Waals surface area contributed by atoms with Gasteiger partial charge in [-0.2, -0.15) is 0 Å². The van der Waals surface area contributed by atoms with E-state index in [0.717, 1.165) is 25.2 Å². The summed E-state index contributed by atoms with van der Waals surface area (Å²) in [5.41, 5.74) is -0.545.